The van der Waals surface area contributed by atoms with Gasteiger partial charge in [-0.3, -0.25) is 4.68 Å². The van der Waals surface area contributed by atoms with Crippen molar-refractivity contribution >= 4 is 11.6 Å². The first-order chi connectivity index (χ1) is 7.93. The van der Waals surface area contributed by atoms with Crippen LogP contribution in [0.4, 0.5) is 0 Å². The highest BCUT2D eigenvalue weighted by Crippen LogP contribution is 2.23. The van der Waals surface area contributed by atoms with Crippen LogP contribution in [0.25, 0.3) is 0 Å². The second-order valence-electron chi connectivity index (χ2n) is 5.03. The standard InChI is InChI=1S/C13H24ClN3/c1-9(2)15-8-6-7-10(3)17-12(5)13(14)11(4)16-17/h9-10,15H,6-8H2,1-5H3. The largest absolute Gasteiger partial charge is 0.315 e. The third-order valence-electron chi connectivity index (χ3n) is 3.01. The Kier molecular flexibility index (Phi) is 5.47. The minimum Gasteiger partial charge on any atom is -0.315 e. The predicted octanol–water partition coefficient (Wildman–Crippen LogP) is 3.49. The minimum atomic E-state index is 0.412. The number of hydrogen-bond acceptors (Lipinski definition) is 2. The van der Waals surface area contributed by atoms with Gasteiger partial charge in [-0.25, -0.2) is 0 Å². The van der Waals surface area contributed by atoms with Crippen molar-refractivity contribution in [3.8, 4) is 0 Å². The number of aryl methyl sites for hydroxylation is 1. The van der Waals surface area contributed by atoms with Crippen molar-refractivity contribution in [1.82, 2.24) is 15.1 Å². The zero-order valence-corrected chi connectivity index (χ0v) is 12.3. The summed E-state index contributed by atoms with van der Waals surface area (Å²) in [6, 6.07) is 0.976. The van der Waals surface area contributed by atoms with E-state index < -0.39 is 0 Å². The Hall–Kier alpha value is -0.540. The van der Waals surface area contributed by atoms with E-state index in [-0.39, 0.29) is 0 Å². The lowest BCUT2D eigenvalue weighted by atomic mass is 10.2. The molecule has 1 heterocycles. The van der Waals surface area contributed by atoms with Gasteiger partial charge >= 0.3 is 0 Å². The first-order valence-electron chi connectivity index (χ1n) is 6.38. The Morgan fingerprint density at radius 1 is 1.29 bits per heavy atom. The van der Waals surface area contributed by atoms with Gasteiger partial charge in [0, 0.05) is 12.1 Å². The van der Waals surface area contributed by atoms with Gasteiger partial charge in [-0.05, 0) is 40.2 Å². The summed E-state index contributed by atoms with van der Waals surface area (Å²) in [5.41, 5.74) is 2.00. The fraction of sp³-hybridized carbons (Fsp3) is 0.769. The Morgan fingerprint density at radius 3 is 2.41 bits per heavy atom. The monoisotopic (exact) mass is 257 g/mol. The molecule has 0 fully saturated rings. The van der Waals surface area contributed by atoms with Crippen LogP contribution in [0.15, 0.2) is 0 Å². The van der Waals surface area contributed by atoms with E-state index in [4.69, 9.17) is 11.6 Å². The van der Waals surface area contributed by atoms with Crippen LogP contribution in [-0.4, -0.2) is 22.4 Å². The van der Waals surface area contributed by atoms with Crippen molar-refractivity contribution in [1.29, 1.82) is 0 Å². The van der Waals surface area contributed by atoms with Gasteiger partial charge < -0.3 is 5.32 Å². The lowest BCUT2D eigenvalue weighted by Gasteiger charge is -2.15. The number of hydrogen-bond donors (Lipinski definition) is 1. The molecule has 0 aliphatic heterocycles. The highest BCUT2D eigenvalue weighted by atomic mass is 35.5. The molecule has 0 radical (unpaired) electrons. The number of nitrogens with one attached hydrogen (secondary N) is 1. The third-order valence-corrected chi connectivity index (χ3v) is 3.55. The summed E-state index contributed by atoms with van der Waals surface area (Å²) in [6.45, 7) is 11.6. The van der Waals surface area contributed by atoms with Crippen molar-refractivity contribution < 1.29 is 0 Å². The number of rotatable bonds is 6. The van der Waals surface area contributed by atoms with Gasteiger partial charge in [0.05, 0.1) is 16.4 Å². The van der Waals surface area contributed by atoms with Crippen LogP contribution in [0.3, 0.4) is 0 Å². The lowest BCUT2D eigenvalue weighted by molar-refractivity contribution is 0.424. The van der Waals surface area contributed by atoms with Crippen LogP contribution in [-0.2, 0) is 0 Å². The zero-order valence-electron chi connectivity index (χ0n) is 11.5. The van der Waals surface area contributed by atoms with Crippen LogP contribution in [0.2, 0.25) is 5.02 Å². The molecule has 1 atom stereocenters. The first-order valence-corrected chi connectivity index (χ1v) is 6.75. The van der Waals surface area contributed by atoms with Crippen molar-refractivity contribution in [3.05, 3.63) is 16.4 Å². The third kappa shape index (κ3) is 4.00. The maximum Gasteiger partial charge on any atom is 0.0844 e. The Labute approximate surface area is 110 Å². The van der Waals surface area contributed by atoms with E-state index in [1.807, 2.05) is 18.5 Å². The molecule has 0 saturated carbocycles. The molecule has 3 nitrogen and oxygen atoms in total. The number of aromatic nitrogens is 2. The molecule has 1 unspecified atom stereocenters. The van der Waals surface area contributed by atoms with Crippen LogP contribution in [0.1, 0.15) is 51.0 Å². The number of halogens is 1. The summed E-state index contributed by atoms with van der Waals surface area (Å²) < 4.78 is 2.05. The Morgan fingerprint density at radius 2 is 1.94 bits per heavy atom. The SMILES string of the molecule is Cc1nn(C(C)CCCNC(C)C)c(C)c1Cl. The summed E-state index contributed by atoms with van der Waals surface area (Å²) >= 11 is 6.15. The van der Waals surface area contributed by atoms with E-state index in [2.05, 4.69) is 31.2 Å². The molecule has 0 aliphatic rings. The average molecular weight is 258 g/mol. The van der Waals surface area contributed by atoms with Crippen molar-refractivity contribution in [2.75, 3.05) is 6.54 Å². The van der Waals surface area contributed by atoms with Gasteiger partial charge in [0.15, 0.2) is 0 Å². The lowest BCUT2D eigenvalue weighted by Crippen LogP contribution is -2.24. The molecule has 1 rings (SSSR count). The van der Waals surface area contributed by atoms with E-state index in [1.54, 1.807) is 0 Å². The highest BCUT2D eigenvalue weighted by molar-refractivity contribution is 6.31. The summed E-state index contributed by atoms with van der Waals surface area (Å²) in [7, 11) is 0. The quantitative estimate of drug-likeness (QED) is 0.791. The Bertz CT molecular complexity index is 358. The number of nitrogens with zero attached hydrogens (tertiary/aromatic N) is 2. The maximum absolute atomic E-state index is 6.15. The van der Waals surface area contributed by atoms with Crippen molar-refractivity contribution in [2.45, 2.75) is 59.5 Å². The van der Waals surface area contributed by atoms with E-state index in [1.165, 1.54) is 0 Å². The van der Waals surface area contributed by atoms with Gasteiger partial charge in [-0.2, -0.15) is 5.10 Å². The van der Waals surface area contributed by atoms with Gasteiger partial charge in [0.2, 0.25) is 0 Å². The van der Waals surface area contributed by atoms with E-state index >= 15 is 0 Å². The molecule has 1 aromatic heterocycles. The Balaban J connectivity index is 2.47. The molecule has 0 bridgehead atoms. The average Bonchev–Trinajstić information content (AvgIpc) is 2.52. The molecule has 4 heteroatoms. The summed E-state index contributed by atoms with van der Waals surface area (Å²) in [5.74, 6) is 0. The molecule has 1 N–H and O–H groups in total. The highest BCUT2D eigenvalue weighted by Gasteiger charge is 2.13. The molecule has 1 aromatic rings. The van der Waals surface area contributed by atoms with Crippen LogP contribution in [0, 0.1) is 13.8 Å². The van der Waals surface area contributed by atoms with Crippen molar-refractivity contribution in [3.63, 3.8) is 0 Å². The summed E-state index contributed by atoms with van der Waals surface area (Å²) in [5, 5.41) is 8.72. The molecule has 0 amide bonds. The molecule has 0 aliphatic carbocycles. The van der Waals surface area contributed by atoms with Crippen LogP contribution in [0.5, 0.6) is 0 Å². The molecule has 98 valence electrons. The molecular weight excluding hydrogens is 234 g/mol. The second-order valence-corrected chi connectivity index (χ2v) is 5.41. The summed E-state index contributed by atoms with van der Waals surface area (Å²) in [4.78, 5) is 0. The minimum absolute atomic E-state index is 0.412. The van der Waals surface area contributed by atoms with Gasteiger partial charge in [0.25, 0.3) is 0 Å². The zero-order chi connectivity index (χ0) is 13.0. The molecular formula is C13H24ClN3. The van der Waals surface area contributed by atoms with Gasteiger partial charge in [-0.1, -0.05) is 25.4 Å². The fourth-order valence-corrected chi connectivity index (χ4v) is 2.11. The second kappa shape index (κ2) is 6.41. The summed E-state index contributed by atoms with van der Waals surface area (Å²) in [6.07, 6.45) is 2.29. The van der Waals surface area contributed by atoms with Crippen LogP contribution >= 0.6 is 11.6 Å². The topological polar surface area (TPSA) is 29.9 Å². The van der Waals surface area contributed by atoms with Crippen molar-refractivity contribution in [2.24, 2.45) is 0 Å². The van der Waals surface area contributed by atoms with E-state index in [0.29, 0.717) is 12.1 Å². The molecule has 17 heavy (non-hydrogen) atoms. The maximum atomic E-state index is 6.15. The van der Waals surface area contributed by atoms with E-state index in [9.17, 15) is 0 Å². The fourth-order valence-electron chi connectivity index (χ4n) is 1.98. The molecule has 0 saturated heterocycles. The predicted molar refractivity (Wildman–Crippen MR) is 73.8 cm³/mol. The first kappa shape index (κ1) is 14.5. The molecule has 0 aromatic carbocycles. The van der Waals surface area contributed by atoms with Gasteiger partial charge in [-0.15, -0.1) is 0 Å². The normalized spacial score (nSPS) is 13.4. The van der Waals surface area contributed by atoms with E-state index in [0.717, 1.165) is 35.8 Å². The van der Waals surface area contributed by atoms with Gasteiger partial charge in [0.1, 0.15) is 0 Å². The molecule has 0 spiro atoms. The van der Waals surface area contributed by atoms with Crippen LogP contribution < -0.4 is 5.32 Å². The smallest absolute Gasteiger partial charge is 0.0844 e.